The van der Waals surface area contributed by atoms with Gasteiger partial charge in [0.1, 0.15) is 0 Å². The fourth-order valence-corrected chi connectivity index (χ4v) is 2.48. The Kier molecular flexibility index (Phi) is 1.85. The summed E-state index contributed by atoms with van der Waals surface area (Å²) in [4.78, 5) is 0. The van der Waals surface area contributed by atoms with E-state index in [1.54, 1.807) is 0 Å². The molecular weight excluding hydrogens is 275 g/mol. The van der Waals surface area contributed by atoms with E-state index >= 15 is 0 Å². The third-order valence-corrected chi connectivity index (χ3v) is 3.48. The van der Waals surface area contributed by atoms with Gasteiger partial charge in [-0.15, -0.1) is 0 Å². The maximum absolute atomic E-state index is 5.05. The van der Waals surface area contributed by atoms with Crippen LogP contribution in [0.2, 0.25) is 0 Å². The van der Waals surface area contributed by atoms with Crippen LogP contribution in [0.25, 0.3) is 0 Å². The van der Waals surface area contributed by atoms with E-state index in [4.69, 9.17) is 5.37 Å². The summed E-state index contributed by atoms with van der Waals surface area (Å²) in [6, 6.07) is 0. The Morgan fingerprint density at radius 1 is 1.67 bits per heavy atom. The second kappa shape index (κ2) is 2.23. The van der Waals surface area contributed by atoms with Crippen molar-refractivity contribution in [2.24, 2.45) is 0 Å². The summed E-state index contributed by atoms with van der Waals surface area (Å²) in [5, 5.41) is 0. The molecule has 0 aliphatic carbocycles. The van der Waals surface area contributed by atoms with Gasteiger partial charge >= 0.3 is 50.1 Å². The normalized spacial score (nSPS) is 23.5. The molecule has 1 fully saturated rings. The van der Waals surface area contributed by atoms with Crippen molar-refractivity contribution in [2.75, 3.05) is 0 Å². The molecule has 0 aromatic carbocycles. The third-order valence-electron chi connectivity index (χ3n) is 0.692. The summed E-state index contributed by atoms with van der Waals surface area (Å²) >= 11 is -0.834. The molecule has 0 aromatic heterocycles. The van der Waals surface area contributed by atoms with Crippen LogP contribution in [0.5, 0.6) is 0 Å². The summed E-state index contributed by atoms with van der Waals surface area (Å²) in [5.41, 5.74) is 0. The Morgan fingerprint density at radius 3 is 2.33 bits per heavy atom. The fourth-order valence-electron chi connectivity index (χ4n) is 0.283. The van der Waals surface area contributed by atoms with Crippen molar-refractivity contribution >= 4 is 25.1 Å². The van der Waals surface area contributed by atoms with Gasteiger partial charge in [0.05, 0.1) is 0 Å². The molecule has 2 radical (unpaired) electrons. The molecule has 1 aliphatic rings. The molecule has 6 heavy (non-hydrogen) atoms. The predicted molar refractivity (Wildman–Crippen MR) is 22.0 cm³/mol. The molecule has 0 spiro atoms. The van der Waals surface area contributed by atoms with Crippen molar-refractivity contribution in [3.63, 3.8) is 0 Å². The first-order chi connectivity index (χ1) is 2.93. The van der Waals surface area contributed by atoms with Crippen molar-refractivity contribution in [3.05, 3.63) is 0 Å². The summed E-state index contributed by atoms with van der Waals surface area (Å²) in [5.74, 6) is 0. The molecule has 1 heterocycles. The Balaban J connectivity index is 2.01. The molecule has 2 nitrogen and oxygen atoms in total. The standard InChI is InChI=1S/C3H6O2.Pb/c1-2-3(4)5;/h3H,2H2,1H3;/q-2;+2. The van der Waals surface area contributed by atoms with Crippen molar-refractivity contribution < 1.29 is 5.37 Å². The molecule has 0 saturated carbocycles. The van der Waals surface area contributed by atoms with Gasteiger partial charge in [-0.25, -0.2) is 0 Å². The zero-order chi connectivity index (χ0) is 4.41. The van der Waals surface area contributed by atoms with Crippen LogP contribution in [0, 0.1) is 0 Å². The summed E-state index contributed by atoms with van der Waals surface area (Å²) in [6.45, 7) is 2.06. The van der Waals surface area contributed by atoms with E-state index in [0.717, 1.165) is 6.42 Å². The Morgan fingerprint density at radius 2 is 2.33 bits per heavy atom. The quantitative estimate of drug-likeness (QED) is 0.644. The van der Waals surface area contributed by atoms with Crippen molar-refractivity contribution in [3.8, 4) is 0 Å². The first-order valence-electron chi connectivity index (χ1n) is 2.00. The van der Waals surface area contributed by atoms with Crippen LogP contribution in [0.4, 0.5) is 0 Å². The van der Waals surface area contributed by atoms with Gasteiger partial charge in [-0.05, 0) is 0 Å². The van der Waals surface area contributed by atoms with E-state index in [-0.39, 0.29) is 6.29 Å². The van der Waals surface area contributed by atoms with Crippen LogP contribution >= 0.6 is 0 Å². The SMILES string of the molecule is CCC1[O][Pb][O]1. The molecule has 34 valence electrons. The average Bonchev–Trinajstić information content (AvgIpc) is 1.31. The van der Waals surface area contributed by atoms with Gasteiger partial charge in [0.15, 0.2) is 0 Å². The van der Waals surface area contributed by atoms with Crippen molar-refractivity contribution in [2.45, 2.75) is 19.6 Å². The van der Waals surface area contributed by atoms with Crippen LogP contribution < -0.4 is 0 Å². The molecule has 1 saturated heterocycles. The minimum atomic E-state index is -0.834. The molecular formula is C3H6O2Pb. The van der Waals surface area contributed by atoms with Crippen molar-refractivity contribution in [1.29, 1.82) is 0 Å². The van der Waals surface area contributed by atoms with E-state index in [2.05, 4.69) is 6.92 Å². The molecule has 0 bridgehead atoms. The monoisotopic (exact) mass is 282 g/mol. The van der Waals surface area contributed by atoms with E-state index in [1.807, 2.05) is 0 Å². The summed E-state index contributed by atoms with van der Waals surface area (Å²) in [6.07, 6.45) is 1.22. The van der Waals surface area contributed by atoms with Gasteiger partial charge in [-0.1, -0.05) is 0 Å². The van der Waals surface area contributed by atoms with Crippen LogP contribution in [0.3, 0.4) is 0 Å². The van der Waals surface area contributed by atoms with E-state index in [9.17, 15) is 0 Å². The van der Waals surface area contributed by atoms with Crippen LogP contribution in [0.15, 0.2) is 0 Å². The maximum atomic E-state index is 5.05. The summed E-state index contributed by atoms with van der Waals surface area (Å²) < 4.78 is 10.1. The van der Waals surface area contributed by atoms with Gasteiger partial charge in [0.2, 0.25) is 0 Å². The zero-order valence-corrected chi connectivity index (χ0v) is 7.49. The Hall–Kier alpha value is 0.842. The van der Waals surface area contributed by atoms with Crippen LogP contribution in [0.1, 0.15) is 13.3 Å². The van der Waals surface area contributed by atoms with Gasteiger partial charge in [0, 0.05) is 0 Å². The molecule has 0 unspecified atom stereocenters. The minimum absolute atomic E-state index is 0.202. The molecule has 0 amide bonds. The van der Waals surface area contributed by atoms with E-state index in [1.165, 1.54) is 0 Å². The first kappa shape index (κ1) is 4.99. The van der Waals surface area contributed by atoms with E-state index in [0.29, 0.717) is 0 Å². The van der Waals surface area contributed by atoms with Gasteiger partial charge in [-0.3, -0.25) is 0 Å². The second-order valence-electron chi connectivity index (χ2n) is 1.16. The number of hydrogen-bond acceptors (Lipinski definition) is 2. The molecule has 0 aromatic rings. The summed E-state index contributed by atoms with van der Waals surface area (Å²) in [7, 11) is 0. The van der Waals surface area contributed by atoms with E-state index < -0.39 is 25.1 Å². The predicted octanol–water partition coefficient (Wildman–Crippen LogP) is 0.303. The van der Waals surface area contributed by atoms with Crippen LogP contribution in [-0.2, 0) is 5.37 Å². The molecule has 0 atom stereocenters. The zero-order valence-electron chi connectivity index (χ0n) is 3.60. The van der Waals surface area contributed by atoms with Crippen LogP contribution in [-0.4, -0.2) is 31.4 Å². The first-order valence-corrected chi connectivity index (χ1v) is 5.17. The topological polar surface area (TPSA) is 18.5 Å². The second-order valence-corrected chi connectivity index (χ2v) is 3.64. The molecule has 1 aliphatic heterocycles. The van der Waals surface area contributed by atoms with Gasteiger partial charge in [0.25, 0.3) is 0 Å². The van der Waals surface area contributed by atoms with Gasteiger partial charge in [-0.2, -0.15) is 0 Å². The third kappa shape index (κ3) is 0.914. The van der Waals surface area contributed by atoms with Gasteiger partial charge < -0.3 is 0 Å². The average molecular weight is 281 g/mol. The molecule has 3 heteroatoms. The Labute approximate surface area is 50.3 Å². The Bertz CT molecular complexity index is 41.3. The fraction of sp³-hybridized carbons (Fsp3) is 1.00. The van der Waals surface area contributed by atoms with Crippen molar-refractivity contribution in [1.82, 2.24) is 0 Å². The number of rotatable bonds is 1. The number of hydrogen-bond donors (Lipinski definition) is 0. The molecule has 1 rings (SSSR count). The molecule has 0 N–H and O–H groups in total.